The van der Waals surface area contributed by atoms with Crippen LogP contribution in [0, 0.1) is 0 Å². The van der Waals surface area contributed by atoms with Crippen LogP contribution in [0.2, 0.25) is 0 Å². The number of amides is 3. The lowest BCUT2D eigenvalue weighted by Gasteiger charge is -2.20. The number of carbonyl (C=O) groups excluding carboxylic acids is 2. The molecule has 0 aliphatic heterocycles. The minimum Gasteiger partial charge on any atom is -0.497 e. The first-order chi connectivity index (χ1) is 18.0. The first-order valence-electron chi connectivity index (χ1n) is 11.8. The third kappa shape index (κ3) is 7.79. The van der Waals surface area contributed by atoms with Crippen molar-refractivity contribution in [3.8, 4) is 23.0 Å². The third-order valence-corrected chi connectivity index (χ3v) is 5.72. The van der Waals surface area contributed by atoms with Crippen LogP contribution in [0.5, 0.6) is 23.0 Å². The molecule has 0 aliphatic carbocycles. The summed E-state index contributed by atoms with van der Waals surface area (Å²) in [7, 11) is 6.21. The van der Waals surface area contributed by atoms with Crippen molar-refractivity contribution in [2.24, 2.45) is 0 Å². The summed E-state index contributed by atoms with van der Waals surface area (Å²) in [6.45, 7) is 0.384. The van der Waals surface area contributed by atoms with Crippen LogP contribution in [0.4, 0.5) is 10.5 Å². The molecule has 1 atom stereocenters. The average Bonchev–Trinajstić information content (AvgIpc) is 2.93. The molecule has 0 spiro atoms. The maximum Gasteiger partial charge on any atom is 0.320 e. The van der Waals surface area contributed by atoms with Crippen LogP contribution < -0.4 is 34.9 Å². The van der Waals surface area contributed by atoms with E-state index in [9.17, 15) is 9.59 Å². The molecule has 9 nitrogen and oxygen atoms in total. The highest BCUT2D eigenvalue weighted by atomic mass is 16.5. The van der Waals surface area contributed by atoms with Gasteiger partial charge in [0.25, 0.3) is 0 Å². The fourth-order valence-electron chi connectivity index (χ4n) is 3.77. The Kier molecular flexibility index (Phi) is 10.0. The van der Waals surface area contributed by atoms with Crippen LogP contribution in [0.1, 0.15) is 11.1 Å². The van der Waals surface area contributed by atoms with Gasteiger partial charge in [0.15, 0.2) is 11.5 Å². The van der Waals surface area contributed by atoms with E-state index in [-0.39, 0.29) is 5.91 Å². The Morgan fingerprint density at radius 3 is 2.16 bits per heavy atom. The average molecular weight is 508 g/mol. The van der Waals surface area contributed by atoms with E-state index in [1.54, 1.807) is 39.5 Å². The molecule has 3 aromatic rings. The molecular formula is C28H33N3O6. The highest BCUT2D eigenvalue weighted by Crippen LogP contribution is 2.29. The topological polar surface area (TPSA) is 107 Å². The van der Waals surface area contributed by atoms with Crippen molar-refractivity contribution in [2.45, 2.75) is 18.9 Å². The molecule has 0 fully saturated rings. The highest BCUT2D eigenvalue weighted by Gasteiger charge is 2.22. The lowest BCUT2D eigenvalue weighted by Crippen LogP contribution is -2.49. The smallest absolute Gasteiger partial charge is 0.320 e. The molecular weight excluding hydrogens is 474 g/mol. The second kappa shape index (κ2) is 13.6. The normalized spacial score (nSPS) is 11.1. The van der Waals surface area contributed by atoms with Crippen molar-refractivity contribution >= 4 is 17.6 Å². The fraction of sp³-hybridized carbons (Fsp3) is 0.286. The molecule has 0 saturated carbocycles. The quantitative estimate of drug-likeness (QED) is 0.344. The van der Waals surface area contributed by atoms with Crippen LogP contribution in [0.3, 0.4) is 0 Å². The monoisotopic (exact) mass is 507 g/mol. The summed E-state index contributed by atoms with van der Waals surface area (Å²) in [6, 6.07) is 18.9. The van der Waals surface area contributed by atoms with Gasteiger partial charge in [-0.1, -0.05) is 36.4 Å². The summed E-state index contributed by atoms with van der Waals surface area (Å²) in [5.74, 6) is 2.01. The molecule has 0 aromatic heterocycles. The molecule has 0 aliphatic rings. The van der Waals surface area contributed by atoms with E-state index in [1.165, 1.54) is 7.11 Å². The van der Waals surface area contributed by atoms with Gasteiger partial charge in [0.05, 0.1) is 34.1 Å². The van der Waals surface area contributed by atoms with E-state index in [0.717, 1.165) is 11.1 Å². The zero-order chi connectivity index (χ0) is 26.6. The Hall–Kier alpha value is -4.40. The zero-order valence-electron chi connectivity index (χ0n) is 21.5. The van der Waals surface area contributed by atoms with Gasteiger partial charge in [0.1, 0.15) is 17.5 Å². The van der Waals surface area contributed by atoms with Gasteiger partial charge in [-0.3, -0.25) is 4.79 Å². The van der Waals surface area contributed by atoms with Crippen molar-refractivity contribution in [1.29, 1.82) is 0 Å². The van der Waals surface area contributed by atoms with Crippen molar-refractivity contribution in [1.82, 2.24) is 10.6 Å². The second-order valence-corrected chi connectivity index (χ2v) is 8.14. The van der Waals surface area contributed by atoms with Crippen LogP contribution in [-0.2, 0) is 17.6 Å². The molecule has 9 heteroatoms. The lowest BCUT2D eigenvalue weighted by atomic mass is 10.1. The van der Waals surface area contributed by atoms with E-state index in [1.807, 2.05) is 48.5 Å². The Morgan fingerprint density at radius 1 is 0.757 bits per heavy atom. The molecule has 0 radical (unpaired) electrons. The molecule has 3 amide bonds. The first kappa shape index (κ1) is 27.2. The highest BCUT2D eigenvalue weighted by molar-refractivity contribution is 5.95. The van der Waals surface area contributed by atoms with Gasteiger partial charge in [0, 0.05) is 19.0 Å². The number of hydrogen-bond donors (Lipinski definition) is 3. The van der Waals surface area contributed by atoms with Crippen molar-refractivity contribution < 1.29 is 28.5 Å². The molecule has 0 saturated heterocycles. The Morgan fingerprint density at radius 2 is 1.49 bits per heavy atom. The Bertz CT molecular complexity index is 1190. The maximum atomic E-state index is 13.1. The van der Waals surface area contributed by atoms with Crippen molar-refractivity contribution in [3.63, 3.8) is 0 Å². The van der Waals surface area contributed by atoms with Gasteiger partial charge >= 0.3 is 6.03 Å². The number of anilines is 1. The van der Waals surface area contributed by atoms with Gasteiger partial charge in [-0.2, -0.15) is 0 Å². The minimum absolute atomic E-state index is 0.291. The largest absolute Gasteiger partial charge is 0.497 e. The third-order valence-electron chi connectivity index (χ3n) is 5.72. The molecule has 0 heterocycles. The van der Waals surface area contributed by atoms with Crippen molar-refractivity contribution in [3.05, 3.63) is 77.9 Å². The molecule has 0 bridgehead atoms. The Labute approximate surface area is 217 Å². The summed E-state index contributed by atoms with van der Waals surface area (Å²) >= 11 is 0. The van der Waals surface area contributed by atoms with Crippen molar-refractivity contribution in [2.75, 3.05) is 40.3 Å². The van der Waals surface area contributed by atoms with E-state index in [0.29, 0.717) is 48.1 Å². The van der Waals surface area contributed by atoms with Crippen LogP contribution in [0.25, 0.3) is 0 Å². The number of carbonyl (C=O) groups is 2. The predicted molar refractivity (Wildman–Crippen MR) is 142 cm³/mol. The maximum absolute atomic E-state index is 13.1. The minimum atomic E-state index is -0.794. The zero-order valence-corrected chi connectivity index (χ0v) is 21.5. The van der Waals surface area contributed by atoms with E-state index < -0.39 is 12.1 Å². The SMILES string of the molecule is COc1ccc(NC(=O)NC(Cc2ccccc2)C(=O)NCCc2ccc(OC)c(OC)c2)c(OC)c1. The number of rotatable bonds is 12. The fourth-order valence-corrected chi connectivity index (χ4v) is 3.77. The van der Waals surface area contributed by atoms with Gasteiger partial charge in [-0.05, 0) is 41.8 Å². The summed E-state index contributed by atoms with van der Waals surface area (Å²) in [5, 5.41) is 8.47. The van der Waals surface area contributed by atoms with Crippen LogP contribution in [-0.4, -0.2) is 53.0 Å². The van der Waals surface area contributed by atoms with Gasteiger partial charge in [-0.25, -0.2) is 4.79 Å². The van der Waals surface area contributed by atoms with E-state index in [4.69, 9.17) is 18.9 Å². The number of urea groups is 1. The molecule has 196 valence electrons. The van der Waals surface area contributed by atoms with E-state index >= 15 is 0 Å². The summed E-state index contributed by atoms with van der Waals surface area (Å²) in [6.07, 6.45) is 0.912. The van der Waals surface area contributed by atoms with Crippen LogP contribution in [0.15, 0.2) is 66.7 Å². The van der Waals surface area contributed by atoms with E-state index in [2.05, 4.69) is 16.0 Å². The predicted octanol–water partition coefficient (Wildman–Crippen LogP) is 3.81. The second-order valence-electron chi connectivity index (χ2n) is 8.14. The summed E-state index contributed by atoms with van der Waals surface area (Å²) in [5.41, 5.74) is 2.35. The van der Waals surface area contributed by atoms with Gasteiger partial charge < -0.3 is 34.9 Å². The standard InChI is InChI=1S/C28H33N3O6/c1-34-21-11-12-22(25(18-21)36-3)30-28(33)31-23(16-19-8-6-5-7-9-19)27(32)29-15-14-20-10-13-24(35-2)26(17-20)37-4/h5-13,17-18,23H,14-16H2,1-4H3,(H,29,32)(H2,30,31,33). The molecule has 37 heavy (non-hydrogen) atoms. The summed E-state index contributed by atoms with van der Waals surface area (Å²) in [4.78, 5) is 26.0. The van der Waals surface area contributed by atoms with Gasteiger partial charge in [-0.15, -0.1) is 0 Å². The number of hydrogen-bond acceptors (Lipinski definition) is 6. The number of benzene rings is 3. The first-order valence-corrected chi connectivity index (χ1v) is 11.8. The number of nitrogens with one attached hydrogen (secondary N) is 3. The molecule has 3 N–H and O–H groups in total. The summed E-state index contributed by atoms with van der Waals surface area (Å²) < 4.78 is 21.2. The number of ether oxygens (including phenoxy) is 4. The lowest BCUT2D eigenvalue weighted by molar-refractivity contribution is -0.122. The van der Waals surface area contributed by atoms with Crippen LogP contribution >= 0.6 is 0 Å². The Balaban J connectivity index is 1.66. The molecule has 1 unspecified atom stereocenters. The molecule has 3 aromatic carbocycles. The molecule has 3 rings (SSSR count). The van der Waals surface area contributed by atoms with Gasteiger partial charge in [0.2, 0.25) is 5.91 Å². The number of methoxy groups -OCH3 is 4.